The number of aromatic nitrogens is 1. The molecule has 0 aliphatic carbocycles. The summed E-state index contributed by atoms with van der Waals surface area (Å²) in [4.78, 5) is 29.2. The highest BCUT2D eigenvalue weighted by Crippen LogP contribution is 2.27. The van der Waals surface area contributed by atoms with Crippen LogP contribution in [0.2, 0.25) is 0 Å². The highest BCUT2D eigenvalue weighted by molar-refractivity contribution is 7.17. The maximum Gasteiger partial charge on any atom is 0.350 e. The molecule has 1 heterocycles. The molecule has 1 N–H and O–H groups in total. The van der Waals surface area contributed by atoms with Gasteiger partial charge in [0.15, 0.2) is 5.13 Å². The molecule has 0 saturated carbocycles. The topological polar surface area (TPSA) is 79.7 Å². The van der Waals surface area contributed by atoms with Crippen LogP contribution in [0.3, 0.4) is 0 Å². The number of aliphatic carboxylic acids is 1. The van der Waals surface area contributed by atoms with Crippen molar-refractivity contribution in [3.63, 3.8) is 0 Å². The Labute approximate surface area is 122 Å². The molecular weight excluding hydrogens is 280 g/mol. The lowest BCUT2D eigenvalue weighted by atomic mass is 10.3. The zero-order valence-corrected chi connectivity index (χ0v) is 12.8. The van der Waals surface area contributed by atoms with Crippen molar-refractivity contribution in [2.75, 3.05) is 24.6 Å². The van der Waals surface area contributed by atoms with Crippen molar-refractivity contribution in [2.24, 2.45) is 0 Å². The second-order valence-electron chi connectivity index (χ2n) is 4.26. The second-order valence-corrected chi connectivity index (χ2v) is 5.24. The van der Waals surface area contributed by atoms with Gasteiger partial charge >= 0.3 is 11.9 Å². The molecule has 112 valence electrons. The van der Waals surface area contributed by atoms with Crippen molar-refractivity contribution in [3.05, 3.63) is 10.6 Å². The fourth-order valence-corrected chi connectivity index (χ4v) is 2.72. The highest BCUT2D eigenvalue weighted by atomic mass is 32.1. The first-order valence-corrected chi connectivity index (χ1v) is 7.42. The fraction of sp³-hybridized carbons (Fsp3) is 0.615. The van der Waals surface area contributed by atoms with Crippen LogP contribution in [0.25, 0.3) is 0 Å². The number of ether oxygens (including phenoxy) is 1. The predicted molar refractivity (Wildman–Crippen MR) is 77.6 cm³/mol. The van der Waals surface area contributed by atoms with Crippen LogP contribution in [0, 0.1) is 6.92 Å². The summed E-state index contributed by atoms with van der Waals surface area (Å²) in [6.07, 6.45) is 0.931. The Hall–Kier alpha value is -1.63. The molecule has 0 atom stereocenters. The Bertz CT molecular complexity index is 473. The van der Waals surface area contributed by atoms with Crippen LogP contribution in [-0.2, 0) is 9.53 Å². The average Bonchev–Trinajstić information content (AvgIpc) is 2.76. The minimum atomic E-state index is -0.843. The van der Waals surface area contributed by atoms with Gasteiger partial charge in [0.1, 0.15) is 4.88 Å². The van der Waals surface area contributed by atoms with Gasteiger partial charge < -0.3 is 14.7 Å². The molecule has 0 amide bonds. The number of rotatable bonds is 8. The maximum atomic E-state index is 11.8. The number of anilines is 1. The van der Waals surface area contributed by atoms with Gasteiger partial charge in [-0.2, -0.15) is 0 Å². The lowest BCUT2D eigenvalue weighted by Gasteiger charge is -2.19. The summed E-state index contributed by atoms with van der Waals surface area (Å²) >= 11 is 1.25. The Morgan fingerprint density at radius 3 is 2.60 bits per heavy atom. The molecule has 0 radical (unpaired) electrons. The van der Waals surface area contributed by atoms with E-state index in [2.05, 4.69) is 4.98 Å². The monoisotopic (exact) mass is 300 g/mol. The van der Waals surface area contributed by atoms with E-state index in [4.69, 9.17) is 9.84 Å². The Morgan fingerprint density at radius 1 is 1.35 bits per heavy atom. The summed E-state index contributed by atoms with van der Waals surface area (Å²) < 4.78 is 4.98. The van der Waals surface area contributed by atoms with Gasteiger partial charge in [0.25, 0.3) is 0 Å². The Balaban J connectivity index is 2.88. The van der Waals surface area contributed by atoms with Crippen molar-refractivity contribution in [3.8, 4) is 0 Å². The quantitative estimate of drug-likeness (QED) is 0.742. The third kappa shape index (κ3) is 4.48. The Morgan fingerprint density at radius 2 is 2.05 bits per heavy atom. The van der Waals surface area contributed by atoms with Gasteiger partial charge in [-0.3, -0.25) is 4.79 Å². The first-order chi connectivity index (χ1) is 9.49. The first kappa shape index (κ1) is 16.4. The van der Waals surface area contributed by atoms with Crippen LogP contribution in [0.4, 0.5) is 5.13 Å². The van der Waals surface area contributed by atoms with Gasteiger partial charge in [-0.25, -0.2) is 9.78 Å². The van der Waals surface area contributed by atoms with Gasteiger partial charge in [0, 0.05) is 13.1 Å². The fourth-order valence-electron chi connectivity index (χ4n) is 1.71. The number of carbonyl (C=O) groups is 2. The van der Waals surface area contributed by atoms with E-state index in [1.54, 1.807) is 13.8 Å². The second kappa shape index (κ2) is 7.84. The van der Waals surface area contributed by atoms with E-state index in [9.17, 15) is 9.59 Å². The standard InChI is InChI=1S/C13H20N2O4S/c1-4-7-15(8-6-10(16)17)13-14-9(3)11(20-13)12(18)19-5-2/h4-8H2,1-3H3,(H,16,17). The zero-order chi connectivity index (χ0) is 15.1. The van der Waals surface area contributed by atoms with E-state index in [0.717, 1.165) is 6.42 Å². The molecule has 20 heavy (non-hydrogen) atoms. The number of esters is 1. The summed E-state index contributed by atoms with van der Waals surface area (Å²) in [5.74, 6) is -1.21. The lowest BCUT2D eigenvalue weighted by molar-refractivity contribution is -0.136. The average molecular weight is 300 g/mol. The molecule has 0 unspecified atom stereocenters. The summed E-state index contributed by atoms with van der Waals surface area (Å²) in [6.45, 7) is 6.95. The summed E-state index contributed by atoms with van der Waals surface area (Å²) in [6, 6.07) is 0. The molecule has 0 aromatic carbocycles. The minimum Gasteiger partial charge on any atom is -0.481 e. The minimum absolute atomic E-state index is 0.0490. The van der Waals surface area contributed by atoms with E-state index >= 15 is 0 Å². The third-order valence-electron chi connectivity index (χ3n) is 2.61. The van der Waals surface area contributed by atoms with Crippen molar-refractivity contribution < 1.29 is 19.4 Å². The SMILES string of the molecule is CCCN(CCC(=O)O)c1nc(C)c(C(=O)OCC)s1. The van der Waals surface area contributed by atoms with Gasteiger partial charge in [-0.1, -0.05) is 18.3 Å². The summed E-state index contributed by atoms with van der Waals surface area (Å²) in [5, 5.41) is 9.45. The number of carboxylic acid groups (broad SMARTS) is 1. The molecule has 1 aromatic heterocycles. The molecule has 0 aliphatic heterocycles. The molecule has 0 aliphatic rings. The highest BCUT2D eigenvalue weighted by Gasteiger charge is 2.19. The van der Waals surface area contributed by atoms with Crippen LogP contribution in [-0.4, -0.2) is 41.7 Å². The van der Waals surface area contributed by atoms with E-state index in [1.165, 1.54) is 11.3 Å². The number of aryl methyl sites for hydroxylation is 1. The number of hydrogen-bond acceptors (Lipinski definition) is 6. The number of carbonyl (C=O) groups excluding carboxylic acids is 1. The van der Waals surface area contributed by atoms with Crippen molar-refractivity contribution >= 4 is 28.4 Å². The molecule has 1 aromatic rings. The van der Waals surface area contributed by atoms with Crippen LogP contribution in [0.15, 0.2) is 0 Å². The van der Waals surface area contributed by atoms with Crippen LogP contribution in [0.1, 0.15) is 42.1 Å². The largest absolute Gasteiger partial charge is 0.481 e. The van der Waals surface area contributed by atoms with E-state index in [-0.39, 0.29) is 12.4 Å². The van der Waals surface area contributed by atoms with Crippen LogP contribution < -0.4 is 4.90 Å². The third-order valence-corrected chi connectivity index (χ3v) is 3.80. The van der Waals surface area contributed by atoms with E-state index in [0.29, 0.717) is 35.4 Å². The van der Waals surface area contributed by atoms with Gasteiger partial charge in [-0.15, -0.1) is 0 Å². The molecule has 6 nitrogen and oxygen atoms in total. The van der Waals surface area contributed by atoms with Gasteiger partial charge in [0.2, 0.25) is 0 Å². The molecule has 7 heteroatoms. The van der Waals surface area contributed by atoms with Crippen LogP contribution in [0.5, 0.6) is 0 Å². The van der Waals surface area contributed by atoms with E-state index < -0.39 is 5.97 Å². The number of carboxylic acids is 1. The van der Waals surface area contributed by atoms with Gasteiger partial charge in [-0.05, 0) is 20.3 Å². The predicted octanol–water partition coefficient (Wildman–Crippen LogP) is 2.32. The molecule has 0 bridgehead atoms. The molecular formula is C13H20N2O4S. The molecule has 1 rings (SSSR count). The smallest absolute Gasteiger partial charge is 0.350 e. The number of hydrogen-bond donors (Lipinski definition) is 1. The van der Waals surface area contributed by atoms with Crippen molar-refractivity contribution in [1.29, 1.82) is 0 Å². The van der Waals surface area contributed by atoms with E-state index in [1.807, 2.05) is 11.8 Å². The van der Waals surface area contributed by atoms with Crippen molar-refractivity contribution in [2.45, 2.75) is 33.6 Å². The Kier molecular flexibility index (Phi) is 6.44. The first-order valence-electron chi connectivity index (χ1n) is 6.60. The van der Waals surface area contributed by atoms with Crippen LogP contribution >= 0.6 is 11.3 Å². The lowest BCUT2D eigenvalue weighted by Crippen LogP contribution is -2.26. The number of thiazole rings is 1. The summed E-state index contributed by atoms with van der Waals surface area (Å²) in [5.41, 5.74) is 0.625. The number of nitrogens with zero attached hydrogens (tertiary/aromatic N) is 2. The molecule has 0 spiro atoms. The molecule has 0 saturated heterocycles. The summed E-state index contributed by atoms with van der Waals surface area (Å²) in [7, 11) is 0. The van der Waals surface area contributed by atoms with Gasteiger partial charge in [0.05, 0.1) is 18.7 Å². The maximum absolute atomic E-state index is 11.8. The zero-order valence-electron chi connectivity index (χ0n) is 12.0. The molecule has 0 fully saturated rings. The van der Waals surface area contributed by atoms with Crippen molar-refractivity contribution in [1.82, 2.24) is 4.98 Å². The normalized spacial score (nSPS) is 10.3.